The van der Waals surface area contributed by atoms with Crippen LogP contribution in [0.3, 0.4) is 0 Å². The van der Waals surface area contributed by atoms with E-state index >= 15 is 0 Å². The normalized spacial score (nSPS) is 13.5. The van der Waals surface area contributed by atoms with Gasteiger partial charge in [-0.05, 0) is 33.3 Å². The lowest BCUT2D eigenvalue weighted by atomic mass is 10.2. The van der Waals surface area contributed by atoms with Crippen molar-refractivity contribution in [3.8, 4) is 0 Å². The van der Waals surface area contributed by atoms with Gasteiger partial charge in [-0.3, -0.25) is 4.79 Å². The molecule has 2 heterocycles. The Kier molecular flexibility index (Phi) is 5.56. The van der Waals surface area contributed by atoms with E-state index in [0.717, 1.165) is 28.2 Å². The van der Waals surface area contributed by atoms with Gasteiger partial charge in [0.05, 0.1) is 23.0 Å². The number of nitrogens with one attached hydrogen (secondary N) is 1. The molecule has 0 saturated heterocycles. The molecule has 0 aliphatic carbocycles. The van der Waals surface area contributed by atoms with Crippen molar-refractivity contribution < 1.29 is 4.79 Å². The minimum Gasteiger partial charge on any atom is -0.310 e. The summed E-state index contributed by atoms with van der Waals surface area (Å²) in [5.41, 5.74) is 0.893. The fourth-order valence-corrected chi connectivity index (χ4v) is 3.62. The van der Waals surface area contributed by atoms with Crippen molar-refractivity contribution in [3.63, 3.8) is 0 Å². The minimum atomic E-state index is -0.298. The first-order valence-electron chi connectivity index (χ1n) is 8.74. The molecule has 1 amide bonds. The molecule has 2 atom stereocenters. The SMILES string of the molecule is CC[C@@H](C)n1nccc1NC(=O)[C@@H](C)Sc1nc(C)nc2ccccc12. The molecule has 0 aliphatic rings. The van der Waals surface area contributed by atoms with E-state index in [-0.39, 0.29) is 17.2 Å². The van der Waals surface area contributed by atoms with Crippen molar-refractivity contribution in [1.82, 2.24) is 19.7 Å². The second-order valence-electron chi connectivity index (χ2n) is 6.26. The van der Waals surface area contributed by atoms with Gasteiger partial charge in [0.25, 0.3) is 0 Å². The molecule has 3 rings (SSSR count). The van der Waals surface area contributed by atoms with Crippen molar-refractivity contribution in [2.75, 3.05) is 5.32 Å². The highest BCUT2D eigenvalue weighted by atomic mass is 32.2. The van der Waals surface area contributed by atoms with Crippen LogP contribution in [-0.4, -0.2) is 30.9 Å². The predicted molar refractivity (Wildman–Crippen MR) is 105 cm³/mol. The number of nitrogens with zero attached hydrogens (tertiary/aromatic N) is 4. The van der Waals surface area contributed by atoms with E-state index < -0.39 is 0 Å². The van der Waals surface area contributed by atoms with Gasteiger partial charge >= 0.3 is 0 Å². The maximum Gasteiger partial charge on any atom is 0.238 e. The molecule has 0 radical (unpaired) electrons. The molecule has 0 unspecified atom stereocenters. The first kappa shape index (κ1) is 18.4. The van der Waals surface area contributed by atoms with Crippen molar-refractivity contribution in [2.24, 2.45) is 0 Å². The Bertz CT molecular complexity index is 923. The molecule has 0 bridgehead atoms. The van der Waals surface area contributed by atoms with E-state index in [1.807, 2.05) is 48.9 Å². The van der Waals surface area contributed by atoms with Crippen LogP contribution in [0.25, 0.3) is 10.9 Å². The summed E-state index contributed by atoms with van der Waals surface area (Å²) < 4.78 is 1.85. The summed E-state index contributed by atoms with van der Waals surface area (Å²) in [5.74, 6) is 1.36. The second kappa shape index (κ2) is 7.86. The summed E-state index contributed by atoms with van der Waals surface area (Å²) in [7, 11) is 0. The molecule has 0 spiro atoms. The van der Waals surface area contributed by atoms with E-state index in [4.69, 9.17) is 0 Å². The molecular formula is C19H23N5OS. The van der Waals surface area contributed by atoms with Crippen molar-refractivity contribution in [3.05, 3.63) is 42.4 Å². The predicted octanol–water partition coefficient (Wildman–Crippen LogP) is 4.23. The number of para-hydroxylation sites is 1. The molecule has 6 nitrogen and oxygen atoms in total. The van der Waals surface area contributed by atoms with Gasteiger partial charge in [-0.2, -0.15) is 5.10 Å². The number of thioether (sulfide) groups is 1. The number of amides is 1. The van der Waals surface area contributed by atoms with Gasteiger partial charge in [0.15, 0.2) is 0 Å². The van der Waals surface area contributed by atoms with Gasteiger partial charge in [-0.1, -0.05) is 36.9 Å². The molecule has 0 aliphatic heterocycles. The first-order valence-corrected chi connectivity index (χ1v) is 9.62. The number of fused-ring (bicyclic) bond motifs is 1. The van der Waals surface area contributed by atoms with Gasteiger partial charge < -0.3 is 5.32 Å². The zero-order valence-electron chi connectivity index (χ0n) is 15.4. The van der Waals surface area contributed by atoms with Crippen molar-refractivity contribution >= 4 is 34.4 Å². The first-order chi connectivity index (χ1) is 12.5. The van der Waals surface area contributed by atoms with Crippen molar-refractivity contribution in [1.29, 1.82) is 0 Å². The van der Waals surface area contributed by atoms with Gasteiger partial charge in [-0.15, -0.1) is 0 Å². The number of benzene rings is 1. The molecular weight excluding hydrogens is 346 g/mol. The highest BCUT2D eigenvalue weighted by Gasteiger charge is 2.19. The zero-order chi connectivity index (χ0) is 18.7. The number of carbonyl (C=O) groups is 1. The maximum atomic E-state index is 12.7. The fraction of sp³-hybridized carbons (Fsp3) is 0.368. The number of aromatic nitrogens is 4. The number of aryl methyl sites for hydroxylation is 1. The minimum absolute atomic E-state index is 0.0691. The molecule has 2 aromatic heterocycles. The Morgan fingerprint density at radius 3 is 2.77 bits per heavy atom. The molecule has 1 N–H and O–H groups in total. The van der Waals surface area contributed by atoms with E-state index in [2.05, 4.69) is 34.2 Å². The van der Waals surface area contributed by atoms with Gasteiger partial charge in [0.1, 0.15) is 16.7 Å². The quantitative estimate of drug-likeness (QED) is 0.520. The summed E-state index contributed by atoms with van der Waals surface area (Å²) >= 11 is 1.44. The summed E-state index contributed by atoms with van der Waals surface area (Å²) in [6, 6.07) is 9.92. The third-order valence-electron chi connectivity index (χ3n) is 4.27. The molecule has 136 valence electrons. The van der Waals surface area contributed by atoms with Crippen LogP contribution in [0, 0.1) is 6.92 Å². The maximum absolute atomic E-state index is 12.7. The van der Waals surface area contributed by atoms with E-state index in [1.165, 1.54) is 11.8 Å². The smallest absolute Gasteiger partial charge is 0.238 e. The Hall–Kier alpha value is -2.41. The van der Waals surface area contributed by atoms with Crippen molar-refractivity contribution in [2.45, 2.75) is 50.4 Å². The van der Waals surface area contributed by atoms with E-state index in [1.54, 1.807) is 6.20 Å². The molecule has 3 aromatic rings. The molecule has 0 saturated carbocycles. The van der Waals surface area contributed by atoms with Crippen LogP contribution >= 0.6 is 11.8 Å². The standard InChI is InChI=1S/C19H23N5OS/c1-5-12(2)24-17(10-11-20-24)23-18(25)13(3)26-19-15-8-6-7-9-16(15)21-14(4)22-19/h6-13H,5H2,1-4H3,(H,23,25)/t12-,13-/m1/s1. The molecule has 26 heavy (non-hydrogen) atoms. The third kappa shape index (κ3) is 3.88. The van der Waals surface area contributed by atoms with E-state index in [0.29, 0.717) is 5.82 Å². The molecule has 1 aromatic carbocycles. The van der Waals surface area contributed by atoms with Crippen LogP contribution in [-0.2, 0) is 4.79 Å². The number of carbonyl (C=O) groups excluding carboxylic acids is 1. The number of hydrogen-bond donors (Lipinski definition) is 1. The zero-order valence-corrected chi connectivity index (χ0v) is 16.2. The summed E-state index contributed by atoms with van der Waals surface area (Å²) in [4.78, 5) is 21.7. The molecule has 0 fully saturated rings. The Morgan fingerprint density at radius 1 is 1.23 bits per heavy atom. The molecule has 7 heteroatoms. The van der Waals surface area contributed by atoms with Crippen LogP contribution in [0.2, 0.25) is 0 Å². The number of hydrogen-bond acceptors (Lipinski definition) is 5. The van der Waals surface area contributed by atoms with Crippen LogP contribution < -0.4 is 5.32 Å². The lowest BCUT2D eigenvalue weighted by Gasteiger charge is -2.16. The number of anilines is 1. The Morgan fingerprint density at radius 2 is 2.00 bits per heavy atom. The van der Waals surface area contributed by atoms with Crippen LogP contribution in [0.5, 0.6) is 0 Å². The topological polar surface area (TPSA) is 72.7 Å². The Labute approximate surface area is 157 Å². The highest BCUT2D eigenvalue weighted by molar-refractivity contribution is 8.00. The summed E-state index contributed by atoms with van der Waals surface area (Å²) in [5, 5.41) is 8.79. The second-order valence-corrected chi connectivity index (χ2v) is 7.59. The van der Waals surface area contributed by atoms with Crippen LogP contribution in [0.4, 0.5) is 5.82 Å². The lowest BCUT2D eigenvalue weighted by Crippen LogP contribution is -2.25. The fourth-order valence-electron chi connectivity index (χ4n) is 2.63. The highest BCUT2D eigenvalue weighted by Crippen LogP contribution is 2.29. The summed E-state index contributed by atoms with van der Waals surface area (Å²) in [6.45, 7) is 7.93. The van der Waals surface area contributed by atoms with Gasteiger partial charge in [0, 0.05) is 11.5 Å². The summed E-state index contributed by atoms with van der Waals surface area (Å²) in [6.07, 6.45) is 2.65. The lowest BCUT2D eigenvalue weighted by molar-refractivity contribution is -0.115. The number of rotatable bonds is 6. The van der Waals surface area contributed by atoms with Crippen LogP contribution in [0.1, 0.15) is 39.1 Å². The van der Waals surface area contributed by atoms with Gasteiger partial charge in [0.2, 0.25) is 5.91 Å². The average molecular weight is 369 g/mol. The average Bonchev–Trinajstić information content (AvgIpc) is 3.08. The Balaban J connectivity index is 1.78. The third-order valence-corrected chi connectivity index (χ3v) is 5.37. The van der Waals surface area contributed by atoms with Gasteiger partial charge in [-0.25, -0.2) is 14.6 Å². The largest absolute Gasteiger partial charge is 0.310 e. The monoisotopic (exact) mass is 369 g/mol. The van der Waals surface area contributed by atoms with Crippen LogP contribution in [0.15, 0.2) is 41.6 Å². The van der Waals surface area contributed by atoms with E-state index in [9.17, 15) is 4.79 Å².